The molecule has 0 aliphatic carbocycles. The van der Waals surface area contributed by atoms with Crippen LogP contribution in [-0.2, 0) is 5.72 Å². The summed E-state index contributed by atoms with van der Waals surface area (Å²) in [7, 11) is 0. The van der Waals surface area contributed by atoms with Gasteiger partial charge in [-0.25, -0.2) is 9.48 Å². The van der Waals surface area contributed by atoms with E-state index in [-0.39, 0.29) is 0 Å². The van der Waals surface area contributed by atoms with Crippen molar-refractivity contribution in [1.82, 2.24) is 0 Å². The summed E-state index contributed by atoms with van der Waals surface area (Å²) in [5, 5.41) is 12.0. The van der Waals surface area contributed by atoms with Crippen LogP contribution in [0, 0.1) is 6.92 Å². The van der Waals surface area contributed by atoms with Crippen LogP contribution in [-0.4, -0.2) is 41.8 Å². The Morgan fingerprint density at radius 2 is 1.82 bits per heavy atom. The van der Waals surface area contributed by atoms with Crippen LogP contribution >= 0.6 is 0 Å². The zero-order chi connectivity index (χ0) is 19.1. The average molecular weight is 379 g/mol. The number of para-hydroxylation sites is 1. The molecule has 3 aliphatic heterocycles. The summed E-state index contributed by atoms with van der Waals surface area (Å²) < 4.78 is 13.7. The summed E-state index contributed by atoms with van der Waals surface area (Å²) >= 11 is 0. The molecule has 2 aromatic rings. The number of ether oxygens (including phenoxy) is 2. The zero-order valence-corrected chi connectivity index (χ0v) is 16.4. The fourth-order valence-electron chi connectivity index (χ4n) is 4.70. The summed E-state index contributed by atoms with van der Waals surface area (Å²) in [5.74, 6) is 2.71. The van der Waals surface area contributed by atoms with Gasteiger partial charge < -0.3 is 14.6 Å². The number of amidine groups is 1. The molecule has 1 atom stereocenters. The Bertz CT molecular complexity index is 939. The molecule has 5 rings (SSSR count). The highest BCUT2D eigenvalue weighted by atomic mass is 16.6. The number of anilines is 1. The number of hydrogen-bond acceptors (Lipinski definition) is 4. The Morgan fingerprint density at radius 1 is 1.00 bits per heavy atom. The monoisotopic (exact) mass is 379 g/mol. The summed E-state index contributed by atoms with van der Waals surface area (Å²) in [5.41, 5.74) is 2.20. The molecule has 1 N–H and O–H groups in total. The van der Waals surface area contributed by atoms with Crippen LogP contribution in [0.3, 0.4) is 0 Å². The molecule has 5 heteroatoms. The fraction of sp³-hybridized carbons (Fsp3) is 0.435. The number of benzene rings is 2. The summed E-state index contributed by atoms with van der Waals surface area (Å²) in [4.78, 5) is 2.32. The van der Waals surface area contributed by atoms with E-state index in [1.54, 1.807) is 0 Å². The highest BCUT2D eigenvalue weighted by Gasteiger charge is 2.52. The number of aryl methyl sites for hydroxylation is 1. The number of nitrogens with zero attached hydrogens (tertiary/aromatic N) is 2. The van der Waals surface area contributed by atoms with E-state index in [1.807, 2.05) is 18.2 Å². The first-order valence-corrected chi connectivity index (χ1v) is 10.3. The normalized spacial score (nSPS) is 24.1. The summed E-state index contributed by atoms with van der Waals surface area (Å²) in [6.07, 6.45) is 4.43. The molecule has 3 aliphatic rings. The van der Waals surface area contributed by atoms with Crippen molar-refractivity contribution in [3.63, 3.8) is 0 Å². The SMILES string of the molecule is Cc1ccccc1N1C[C@@](O)(c2ccc3c(c2)OCCO3)[N+]2=C1CCCCC2. The first-order chi connectivity index (χ1) is 13.7. The minimum Gasteiger partial charge on any atom is -0.486 e. The molecule has 28 heavy (non-hydrogen) atoms. The third-order valence-electron chi connectivity index (χ3n) is 6.14. The van der Waals surface area contributed by atoms with Crippen molar-refractivity contribution < 1.29 is 19.2 Å². The smallest absolute Gasteiger partial charge is 0.271 e. The Hall–Kier alpha value is -2.53. The molecular weight excluding hydrogens is 352 g/mol. The van der Waals surface area contributed by atoms with Gasteiger partial charge in [-0.3, -0.25) is 0 Å². The van der Waals surface area contributed by atoms with Gasteiger partial charge in [0.05, 0.1) is 6.54 Å². The van der Waals surface area contributed by atoms with Crippen LogP contribution in [0.1, 0.15) is 36.8 Å². The molecule has 0 saturated heterocycles. The summed E-state index contributed by atoms with van der Waals surface area (Å²) in [6.45, 7) is 4.64. The lowest BCUT2D eigenvalue weighted by atomic mass is 10.0. The van der Waals surface area contributed by atoms with Gasteiger partial charge in [0.2, 0.25) is 0 Å². The van der Waals surface area contributed by atoms with Gasteiger partial charge in [-0.1, -0.05) is 18.2 Å². The Kier molecular flexibility index (Phi) is 4.27. The maximum Gasteiger partial charge on any atom is 0.271 e. The second-order valence-electron chi connectivity index (χ2n) is 7.93. The quantitative estimate of drug-likeness (QED) is 0.812. The number of β-amino-alcohol motifs (C(OH)–C–C–N with tert-alkyl or cyclic N) is 1. The highest BCUT2D eigenvalue weighted by molar-refractivity contribution is 5.96. The van der Waals surface area contributed by atoms with Crippen LogP contribution < -0.4 is 14.4 Å². The van der Waals surface area contributed by atoms with Crippen LogP contribution in [0.25, 0.3) is 0 Å². The van der Waals surface area contributed by atoms with Gasteiger partial charge in [-0.2, -0.15) is 0 Å². The van der Waals surface area contributed by atoms with E-state index in [0.717, 1.165) is 42.9 Å². The standard InChI is InChI=1S/C23H27N2O3/c1-17-7-4-5-8-19(17)24-16-23(26,25-12-6-2-3-9-22(24)25)18-10-11-20-21(15-18)28-14-13-27-20/h4-5,7-8,10-11,15,26H,2-3,6,9,12-14,16H2,1H3/q+1/t23-/m1/s1. The van der Waals surface area contributed by atoms with Crippen molar-refractivity contribution in [3.05, 3.63) is 53.6 Å². The number of rotatable bonds is 2. The van der Waals surface area contributed by atoms with Gasteiger partial charge in [0.15, 0.2) is 18.0 Å². The largest absolute Gasteiger partial charge is 0.486 e. The molecule has 5 nitrogen and oxygen atoms in total. The lowest BCUT2D eigenvalue weighted by molar-refractivity contribution is -0.658. The molecule has 0 amide bonds. The predicted octanol–water partition coefficient (Wildman–Crippen LogP) is 3.42. The maximum absolute atomic E-state index is 12.0. The van der Waals surface area contributed by atoms with Crippen LogP contribution in [0.2, 0.25) is 0 Å². The minimum atomic E-state index is -1.07. The van der Waals surface area contributed by atoms with Crippen molar-refractivity contribution >= 4 is 11.5 Å². The molecule has 0 fully saturated rings. The minimum absolute atomic E-state index is 0.521. The van der Waals surface area contributed by atoms with E-state index in [0.29, 0.717) is 19.8 Å². The van der Waals surface area contributed by atoms with E-state index in [1.165, 1.54) is 23.5 Å². The van der Waals surface area contributed by atoms with Crippen molar-refractivity contribution in [2.45, 2.75) is 38.3 Å². The Morgan fingerprint density at radius 3 is 2.68 bits per heavy atom. The first-order valence-electron chi connectivity index (χ1n) is 10.3. The predicted molar refractivity (Wildman–Crippen MR) is 108 cm³/mol. The van der Waals surface area contributed by atoms with Crippen LogP contribution in [0.5, 0.6) is 11.5 Å². The van der Waals surface area contributed by atoms with E-state index >= 15 is 0 Å². The molecule has 0 bridgehead atoms. The Balaban J connectivity index is 1.61. The van der Waals surface area contributed by atoms with Gasteiger partial charge >= 0.3 is 0 Å². The van der Waals surface area contributed by atoms with Gasteiger partial charge in [0.25, 0.3) is 11.6 Å². The van der Waals surface area contributed by atoms with E-state index in [2.05, 4.69) is 40.7 Å². The first kappa shape index (κ1) is 17.6. The van der Waals surface area contributed by atoms with E-state index in [4.69, 9.17) is 9.47 Å². The number of fused-ring (bicyclic) bond motifs is 1. The zero-order valence-electron chi connectivity index (χ0n) is 16.4. The molecule has 0 spiro atoms. The van der Waals surface area contributed by atoms with Gasteiger partial charge in [0, 0.05) is 12.0 Å². The van der Waals surface area contributed by atoms with Crippen molar-refractivity contribution in [2.75, 3.05) is 31.2 Å². The maximum atomic E-state index is 12.0. The fourth-order valence-corrected chi connectivity index (χ4v) is 4.70. The van der Waals surface area contributed by atoms with Gasteiger partial charge in [-0.15, -0.1) is 0 Å². The average Bonchev–Trinajstić information content (AvgIpc) is 2.88. The van der Waals surface area contributed by atoms with Gasteiger partial charge in [0.1, 0.15) is 18.9 Å². The topological polar surface area (TPSA) is 44.9 Å². The van der Waals surface area contributed by atoms with Crippen LogP contribution in [0.4, 0.5) is 5.69 Å². The highest BCUT2D eigenvalue weighted by Crippen LogP contribution is 2.40. The van der Waals surface area contributed by atoms with Crippen molar-refractivity contribution in [2.24, 2.45) is 0 Å². The molecule has 0 aromatic heterocycles. The van der Waals surface area contributed by atoms with Crippen molar-refractivity contribution in [1.29, 1.82) is 0 Å². The third-order valence-corrected chi connectivity index (χ3v) is 6.14. The molecule has 0 saturated carbocycles. The second-order valence-corrected chi connectivity index (χ2v) is 7.93. The lowest BCUT2D eigenvalue weighted by Crippen LogP contribution is -2.41. The second kappa shape index (κ2) is 6.82. The summed E-state index contributed by atoms with van der Waals surface area (Å²) in [6, 6.07) is 14.3. The molecule has 0 unspecified atom stereocenters. The van der Waals surface area contributed by atoms with Gasteiger partial charge in [-0.05, 0) is 56.0 Å². The molecule has 0 radical (unpaired) electrons. The van der Waals surface area contributed by atoms with Crippen LogP contribution in [0.15, 0.2) is 42.5 Å². The molecule has 146 valence electrons. The van der Waals surface area contributed by atoms with E-state index in [9.17, 15) is 5.11 Å². The van der Waals surface area contributed by atoms with E-state index < -0.39 is 5.72 Å². The molecular formula is C23H27N2O3+. The molecule has 3 heterocycles. The lowest BCUT2D eigenvalue weighted by Gasteiger charge is -2.26. The Labute approximate surface area is 165 Å². The third kappa shape index (κ3) is 2.76. The molecule has 2 aromatic carbocycles. The van der Waals surface area contributed by atoms with Crippen molar-refractivity contribution in [3.8, 4) is 11.5 Å². The number of aliphatic hydroxyl groups is 1. The number of hydrogen-bond donors (Lipinski definition) is 1.